The Morgan fingerprint density at radius 2 is 1.72 bits per heavy atom. The van der Waals surface area contributed by atoms with Gasteiger partial charge in [-0.2, -0.15) is 0 Å². The number of nitrogens with zero attached hydrogens (tertiary/aromatic N) is 1. The van der Waals surface area contributed by atoms with Crippen molar-refractivity contribution in [2.45, 2.75) is 30.4 Å². The van der Waals surface area contributed by atoms with Crippen molar-refractivity contribution >= 4 is 37.1 Å². The minimum absolute atomic E-state index is 0.0664. The van der Waals surface area contributed by atoms with Crippen molar-refractivity contribution in [2.75, 3.05) is 16.6 Å². The molecule has 3 aromatic rings. The van der Waals surface area contributed by atoms with Gasteiger partial charge < -0.3 is 5.11 Å². The van der Waals surface area contributed by atoms with E-state index in [0.717, 1.165) is 21.7 Å². The summed E-state index contributed by atoms with van der Waals surface area (Å²) in [5.74, 6) is 0.108. The van der Waals surface area contributed by atoms with Gasteiger partial charge in [-0.25, -0.2) is 21.6 Å². The quantitative estimate of drug-likeness (QED) is 0.527. The lowest BCUT2D eigenvalue weighted by Crippen LogP contribution is -2.37. The highest BCUT2D eigenvalue weighted by molar-refractivity contribution is 7.92. The van der Waals surface area contributed by atoms with E-state index >= 15 is 0 Å². The number of aliphatic hydroxyl groups is 1. The SMILES string of the molecule is O=S(=O)(NCc1ccc(C(O)c2ccccc2)s1)c1ccc(N2CCCCS2(=O)=O)cc1. The van der Waals surface area contributed by atoms with Crippen LogP contribution in [0.2, 0.25) is 0 Å². The van der Waals surface area contributed by atoms with E-state index < -0.39 is 26.2 Å². The van der Waals surface area contributed by atoms with Gasteiger partial charge in [-0.3, -0.25) is 4.31 Å². The summed E-state index contributed by atoms with van der Waals surface area (Å²) in [6.07, 6.45) is 0.662. The average molecular weight is 493 g/mol. The molecule has 0 amide bonds. The van der Waals surface area contributed by atoms with Gasteiger partial charge in [0.15, 0.2) is 0 Å². The number of benzene rings is 2. The molecule has 1 fully saturated rings. The summed E-state index contributed by atoms with van der Waals surface area (Å²) in [6, 6.07) is 18.7. The summed E-state index contributed by atoms with van der Waals surface area (Å²) in [6.45, 7) is 0.499. The maximum Gasteiger partial charge on any atom is 0.240 e. The van der Waals surface area contributed by atoms with Crippen LogP contribution in [0.3, 0.4) is 0 Å². The summed E-state index contributed by atoms with van der Waals surface area (Å²) in [5, 5.41) is 10.5. The first-order valence-corrected chi connectivity index (χ1v) is 14.1. The van der Waals surface area contributed by atoms with Gasteiger partial charge in [0.25, 0.3) is 0 Å². The van der Waals surface area contributed by atoms with E-state index in [1.807, 2.05) is 30.3 Å². The Hall–Kier alpha value is -2.24. The third-order valence-electron chi connectivity index (χ3n) is 5.29. The van der Waals surface area contributed by atoms with Gasteiger partial charge in [0.1, 0.15) is 6.10 Å². The fourth-order valence-electron chi connectivity index (χ4n) is 3.56. The maximum atomic E-state index is 12.7. The van der Waals surface area contributed by atoms with Gasteiger partial charge in [0.2, 0.25) is 20.0 Å². The molecule has 2 aromatic carbocycles. The first kappa shape index (κ1) is 22.9. The second kappa shape index (κ2) is 9.32. The van der Waals surface area contributed by atoms with Crippen LogP contribution in [0.25, 0.3) is 0 Å². The van der Waals surface area contributed by atoms with E-state index in [9.17, 15) is 21.9 Å². The molecule has 1 aromatic heterocycles. The summed E-state index contributed by atoms with van der Waals surface area (Å²) >= 11 is 1.34. The minimum atomic E-state index is -3.77. The predicted molar refractivity (Wildman–Crippen MR) is 126 cm³/mol. The van der Waals surface area contributed by atoms with Crippen molar-refractivity contribution < 1.29 is 21.9 Å². The first-order chi connectivity index (χ1) is 15.3. The number of thiophene rings is 1. The zero-order chi connectivity index (χ0) is 22.8. The average Bonchev–Trinajstić information content (AvgIpc) is 3.27. The molecule has 1 aliphatic rings. The number of aliphatic hydroxyl groups excluding tert-OH is 1. The smallest absolute Gasteiger partial charge is 0.240 e. The molecule has 32 heavy (non-hydrogen) atoms. The molecule has 1 aliphatic heterocycles. The fourth-order valence-corrected chi connectivity index (χ4v) is 7.26. The predicted octanol–water partition coefficient (Wildman–Crippen LogP) is 3.24. The van der Waals surface area contributed by atoms with Crippen LogP contribution in [0.1, 0.15) is 34.3 Å². The van der Waals surface area contributed by atoms with Gasteiger partial charge in [0.05, 0.1) is 16.3 Å². The normalized spacial score (nSPS) is 17.2. The summed E-state index contributed by atoms with van der Waals surface area (Å²) in [7, 11) is -7.12. The van der Waals surface area contributed by atoms with E-state index in [-0.39, 0.29) is 17.2 Å². The maximum absolute atomic E-state index is 12.7. The zero-order valence-corrected chi connectivity index (χ0v) is 19.7. The van der Waals surface area contributed by atoms with Crippen LogP contribution in [0.5, 0.6) is 0 Å². The van der Waals surface area contributed by atoms with E-state index in [4.69, 9.17) is 0 Å². The Morgan fingerprint density at radius 1 is 1.00 bits per heavy atom. The topological polar surface area (TPSA) is 104 Å². The van der Waals surface area contributed by atoms with E-state index in [1.54, 1.807) is 12.1 Å². The number of rotatable bonds is 7. The highest BCUT2D eigenvalue weighted by Gasteiger charge is 2.26. The third kappa shape index (κ3) is 5.05. The second-order valence-corrected chi connectivity index (χ2v) is 12.5. The molecular formula is C22H24N2O5S3. The molecule has 170 valence electrons. The third-order valence-corrected chi connectivity index (χ3v) is 9.71. The largest absolute Gasteiger partial charge is 0.383 e. The fraction of sp³-hybridized carbons (Fsp3) is 0.273. The Balaban J connectivity index is 1.42. The van der Waals surface area contributed by atoms with Crippen LogP contribution in [0.15, 0.2) is 71.6 Å². The van der Waals surface area contributed by atoms with Crippen LogP contribution < -0.4 is 9.03 Å². The van der Waals surface area contributed by atoms with Crippen molar-refractivity contribution in [1.82, 2.24) is 4.72 Å². The Morgan fingerprint density at radius 3 is 2.41 bits per heavy atom. The molecule has 10 heteroatoms. The van der Waals surface area contributed by atoms with Crippen LogP contribution in [-0.2, 0) is 26.6 Å². The van der Waals surface area contributed by atoms with Crippen molar-refractivity contribution in [1.29, 1.82) is 0 Å². The highest BCUT2D eigenvalue weighted by atomic mass is 32.2. The first-order valence-electron chi connectivity index (χ1n) is 10.2. The van der Waals surface area contributed by atoms with Gasteiger partial charge >= 0.3 is 0 Å². The molecule has 1 atom stereocenters. The van der Waals surface area contributed by atoms with Crippen LogP contribution >= 0.6 is 11.3 Å². The summed E-state index contributed by atoms with van der Waals surface area (Å²) < 4.78 is 53.8. The van der Waals surface area contributed by atoms with Crippen LogP contribution in [0.4, 0.5) is 5.69 Å². The van der Waals surface area contributed by atoms with Gasteiger partial charge in [-0.1, -0.05) is 30.3 Å². The van der Waals surface area contributed by atoms with Crippen molar-refractivity contribution in [3.8, 4) is 0 Å². The lowest BCUT2D eigenvalue weighted by atomic mass is 10.1. The molecule has 0 bridgehead atoms. The second-order valence-electron chi connectivity index (χ2n) is 7.53. The number of anilines is 1. The van der Waals surface area contributed by atoms with Crippen molar-refractivity contribution in [3.05, 3.63) is 82.0 Å². The van der Waals surface area contributed by atoms with Gasteiger partial charge in [0, 0.05) is 22.8 Å². The number of nitrogens with one attached hydrogen (secondary N) is 1. The lowest BCUT2D eigenvalue weighted by Gasteiger charge is -2.28. The number of hydrogen-bond acceptors (Lipinski definition) is 6. The molecular weight excluding hydrogens is 468 g/mol. The van der Waals surface area contributed by atoms with E-state index in [0.29, 0.717) is 18.7 Å². The molecule has 4 rings (SSSR count). The van der Waals surface area contributed by atoms with E-state index in [1.165, 1.54) is 39.9 Å². The molecule has 7 nitrogen and oxygen atoms in total. The molecule has 0 saturated carbocycles. The highest BCUT2D eigenvalue weighted by Crippen LogP contribution is 2.29. The molecule has 0 radical (unpaired) electrons. The van der Waals surface area contributed by atoms with Crippen molar-refractivity contribution in [2.24, 2.45) is 0 Å². The molecule has 1 unspecified atom stereocenters. The Bertz CT molecular complexity index is 1270. The zero-order valence-electron chi connectivity index (χ0n) is 17.2. The minimum Gasteiger partial charge on any atom is -0.383 e. The molecule has 1 saturated heterocycles. The monoisotopic (exact) mass is 492 g/mol. The molecule has 0 spiro atoms. The Kier molecular flexibility index (Phi) is 6.68. The van der Waals surface area contributed by atoms with Crippen molar-refractivity contribution in [3.63, 3.8) is 0 Å². The Labute approximate surface area is 192 Å². The van der Waals surface area contributed by atoms with Gasteiger partial charge in [-0.05, 0) is 54.8 Å². The molecule has 0 aliphatic carbocycles. The molecule has 2 heterocycles. The van der Waals surface area contributed by atoms with Gasteiger partial charge in [-0.15, -0.1) is 11.3 Å². The van der Waals surface area contributed by atoms with Crippen LogP contribution in [-0.4, -0.2) is 34.2 Å². The lowest BCUT2D eigenvalue weighted by molar-refractivity contribution is 0.224. The standard InChI is InChI=1S/C22H24N2O5S3/c25-22(17-6-2-1-3-7-17)21-13-10-19(30-21)16-23-32(28,29)20-11-8-18(9-12-20)24-14-4-5-15-31(24,26)27/h1-3,6-13,22-23,25H,4-5,14-16H2. The summed E-state index contributed by atoms with van der Waals surface area (Å²) in [4.78, 5) is 1.57. The van der Waals surface area contributed by atoms with Crippen LogP contribution in [0, 0.1) is 0 Å². The number of sulfonamides is 2. The number of hydrogen-bond donors (Lipinski definition) is 2. The molecule has 2 N–H and O–H groups in total. The van der Waals surface area contributed by atoms with E-state index in [2.05, 4.69) is 4.72 Å². The summed E-state index contributed by atoms with van der Waals surface area (Å²) in [5.41, 5.74) is 1.25.